The van der Waals surface area contributed by atoms with Gasteiger partial charge in [-0.25, -0.2) is 0 Å². The van der Waals surface area contributed by atoms with Crippen LogP contribution >= 0.6 is 0 Å². The van der Waals surface area contributed by atoms with Gasteiger partial charge < -0.3 is 19.9 Å². The Bertz CT molecular complexity index is 166. The molecule has 5 heteroatoms. The first-order valence-corrected chi connectivity index (χ1v) is 4.36. The number of rotatable bonds is 3. The number of aliphatic hydroxyl groups excluding tert-OH is 1. The molecular weight excluding hydrogens is 174 g/mol. The fourth-order valence-electron chi connectivity index (χ4n) is 1.07. The van der Waals surface area contributed by atoms with Crippen LogP contribution in [-0.4, -0.2) is 43.7 Å². The molecule has 0 saturated carbocycles. The van der Waals surface area contributed by atoms with Crippen LogP contribution in [0.5, 0.6) is 0 Å². The monoisotopic (exact) mass is 189 g/mol. The zero-order valence-corrected chi connectivity index (χ0v) is 7.66. The molecule has 0 aromatic carbocycles. The lowest BCUT2D eigenvalue weighted by Crippen LogP contribution is -2.41. The minimum absolute atomic E-state index is 0.0451. The van der Waals surface area contributed by atoms with Crippen molar-refractivity contribution in [2.75, 3.05) is 26.4 Å². The molecule has 1 saturated heterocycles. The highest BCUT2D eigenvalue weighted by molar-refractivity contribution is 5.78. The van der Waals surface area contributed by atoms with Crippen molar-refractivity contribution in [3.63, 3.8) is 0 Å². The lowest BCUT2D eigenvalue weighted by Gasteiger charge is -2.26. The Morgan fingerprint density at radius 1 is 1.54 bits per heavy atom. The summed E-state index contributed by atoms with van der Waals surface area (Å²) in [5, 5.41) is 11.0. The summed E-state index contributed by atoms with van der Waals surface area (Å²) in [6.45, 7) is 2.81. The molecule has 5 nitrogen and oxygen atoms in total. The van der Waals surface area contributed by atoms with E-state index >= 15 is 0 Å². The fraction of sp³-hybridized carbons (Fsp3) is 0.875. The van der Waals surface area contributed by atoms with Crippen LogP contribution in [0.3, 0.4) is 0 Å². The SMILES string of the molecule is CC1OCC(C(=O)NCCO)CO1. The predicted octanol–water partition coefficient (Wildman–Crippen LogP) is -0.896. The molecule has 1 aliphatic heterocycles. The van der Waals surface area contributed by atoms with E-state index < -0.39 is 0 Å². The number of nitrogens with one attached hydrogen (secondary N) is 1. The maximum absolute atomic E-state index is 11.3. The second-order valence-corrected chi connectivity index (χ2v) is 2.95. The van der Waals surface area contributed by atoms with Crippen molar-refractivity contribution in [3.05, 3.63) is 0 Å². The summed E-state index contributed by atoms with van der Waals surface area (Å²) < 4.78 is 10.3. The fourth-order valence-corrected chi connectivity index (χ4v) is 1.07. The summed E-state index contributed by atoms with van der Waals surface area (Å²) in [7, 11) is 0. The van der Waals surface area contributed by atoms with Crippen LogP contribution in [0.1, 0.15) is 6.92 Å². The average molecular weight is 189 g/mol. The van der Waals surface area contributed by atoms with E-state index in [4.69, 9.17) is 14.6 Å². The van der Waals surface area contributed by atoms with Crippen LogP contribution < -0.4 is 5.32 Å². The summed E-state index contributed by atoms with van der Waals surface area (Å²) in [5.41, 5.74) is 0. The van der Waals surface area contributed by atoms with Gasteiger partial charge in [0.2, 0.25) is 5.91 Å². The lowest BCUT2D eigenvalue weighted by atomic mass is 10.1. The second kappa shape index (κ2) is 5.16. The molecule has 1 fully saturated rings. The number of ether oxygens (including phenoxy) is 2. The molecule has 0 aromatic heterocycles. The van der Waals surface area contributed by atoms with E-state index in [2.05, 4.69) is 5.32 Å². The quantitative estimate of drug-likeness (QED) is 0.604. The first-order valence-electron chi connectivity index (χ1n) is 4.36. The molecule has 0 spiro atoms. The number of carbonyl (C=O) groups excluding carboxylic acids is 1. The highest BCUT2D eigenvalue weighted by Crippen LogP contribution is 2.10. The van der Waals surface area contributed by atoms with E-state index in [1.54, 1.807) is 6.92 Å². The Labute approximate surface area is 77.0 Å². The zero-order valence-electron chi connectivity index (χ0n) is 7.66. The summed E-state index contributed by atoms with van der Waals surface area (Å²) in [6, 6.07) is 0. The van der Waals surface area contributed by atoms with Gasteiger partial charge in [0, 0.05) is 6.54 Å². The molecule has 1 rings (SSSR count). The highest BCUT2D eigenvalue weighted by atomic mass is 16.7. The van der Waals surface area contributed by atoms with Crippen LogP contribution in [0, 0.1) is 5.92 Å². The number of hydrogen-bond acceptors (Lipinski definition) is 4. The van der Waals surface area contributed by atoms with Crippen molar-refractivity contribution in [2.24, 2.45) is 5.92 Å². The first kappa shape index (κ1) is 10.4. The molecule has 13 heavy (non-hydrogen) atoms. The molecule has 0 bridgehead atoms. The Morgan fingerprint density at radius 2 is 2.15 bits per heavy atom. The topological polar surface area (TPSA) is 67.8 Å². The number of aliphatic hydroxyl groups is 1. The average Bonchev–Trinajstić information content (AvgIpc) is 2.15. The number of carbonyl (C=O) groups is 1. The van der Waals surface area contributed by atoms with E-state index in [1.165, 1.54) is 0 Å². The van der Waals surface area contributed by atoms with Gasteiger partial charge in [0.1, 0.15) is 0 Å². The highest BCUT2D eigenvalue weighted by Gasteiger charge is 2.24. The molecule has 2 N–H and O–H groups in total. The Balaban J connectivity index is 2.23. The van der Waals surface area contributed by atoms with Crippen molar-refractivity contribution in [2.45, 2.75) is 13.2 Å². The molecule has 0 unspecified atom stereocenters. The maximum Gasteiger partial charge on any atom is 0.227 e. The van der Waals surface area contributed by atoms with Gasteiger partial charge in [0.15, 0.2) is 6.29 Å². The van der Waals surface area contributed by atoms with Crippen LogP contribution in [-0.2, 0) is 14.3 Å². The van der Waals surface area contributed by atoms with E-state index in [0.717, 1.165) is 0 Å². The maximum atomic E-state index is 11.3. The van der Waals surface area contributed by atoms with Crippen LogP contribution in [0.15, 0.2) is 0 Å². The summed E-state index contributed by atoms with van der Waals surface area (Å²) in [6.07, 6.45) is -0.220. The molecule has 0 aliphatic carbocycles. The van der Waals surface area contributed by atoms with Crippen LogP contribution in [0.25, 0.3) is 0 Å². The van der Waals surface area contributed by atoms with Gasteiger partial charge in [-0.1, -0.05) is 0 Å². The van der Waals surface area contributed by atoms with Crippen molar-refractivity contribution < 1.29 is 19.4 Å². The van der Waals surface area contributed by atoms with E-state index in [1.807, 2.05) is 0 Å². The van der Waals surface area contributed by atoms with Crippen LogP contribution in [0.4, 0.5) is 0 Å². The first-order chi connectivity index (χ1) is 6.24. The van der Waals surface area contributed by atoms with Crippen molar-refractivity contribution >= 4 is 5.91 Å². The van der Waals surface area contributed by atoms with Crippen LogP contribution in [0.2, 0.25) is 0 Å². The molecule has 0 aromatic rings. The largest absolute Gasteiger partial charge is 0.395 e. The second-order valence-electron chi connectivity index (χ2n) is 2.95. The summed E-state index contributed by atoms with van der Waals surface area (Å²) >= 11 is 0. The Hall–Kier alpha value is -0.650. The van der Waals surface area contributed by atoms with Crippen molar-refractivity contribution in [1.29, 1.82) is 0 Å². The predicted molar refractivity (Wildman–Crippen MR) is 45.0 cm³/mol. The Kier molecular flexibility index (Phi) is 4.14. The third kappa shape index (κ3) is 3.30. The Morgan fingerprint density at radius 3 is 2.69 bits per heavy atom. The molecule has 1 aliphatic rings. The van der Waals surface area contributed by atoms with Gasteiger partial charge in [-0.05, 0) is 6.92 Å². The lowest BCUT2D eigenvalue weighted by molar-refractivity contribution is -0.192. The summed E-state index contributed by atoms with van der Waals surface area (Å²) in [4.78, 5) is 11.3. The van der Waals surface area contributed by atoms with E-state index in [0.29, 0.717) is 13.2 Å². The van der Waals surface area contributed by atoms with Gasteiger partial charge in [-0.15, -0.1) is 0 Å². The summed E-state index contributed by atoms with van der Waals surface area (Å²) in [5.74, 6) is -0.372. The molecule has 0 atom stereocenters. The number of hydrogen-bond donors (Lipinski definition) is 2. The van der Waals surface area contributed by atoms with Gasteiger partial charge in [-0.3, -0.25) is 4.79 Å². The van der Waals surface area contributed by atoms with E-state index in [9.17, 15) is 4.79 Å². The minimum Gasteiger partial charge on any atom is -0.395 e. The van der Waals surface area contributed by atoms with Gasteiger partial charge in [0.25, 0.3) is 0 Å². The standard InChI is InChI=1S/C8H15NO4/c1-6-12-4-7(5-13-6)8(11)9-2-3-10/h6-7,10H,2-5H2,1H3,(H,9,11). The molecular formula is C8H15NO4. The third-order valence-electron chi connectivity index (χ3n) is 1.85. The van der Waals surface area contributed by atoms with Gasteiger partial charge in [0.05, 0.1) is 25.7 Å². The third-order valence-corrected chi connectivity index (χ3v) is 1.85. The minimum atomic E-state index is -0.247. The molecule has 1 heterocycles. The van der Waals surface area contributed by atoms with E-state index in [-0.39, 0.29) is 31.3 Å². The van der Waals surface area contributed by atoms with Gasteiger partial charge >= 0.3 is 0 Å². The zero-order chi connectivity index (χ0) is 9.68. The molecule has 1 amide bonds. The van der Waals surface area contributed by atoms with Gasteiger partial charge in [-0.2, -0.15) is 0 Å². The normalized spacial score (nSPS) is 28.5. The van der Waals surface area contributed by atoms with Crippen molar-refractivity contribution in [1.82, 2.24) is 5.32 Å². The van der Waals surface area contributed by atoms with Crippen molar-refractivity contribution in [3.8, 4) is 0 Å². The number of amides is 1. The smallest absolute Gasteiger partial charge is 0.227 e. The molecule has 76 valence electrons. The molecule has 0 radical (unpaired) electrons.